The van der Waals surface area contributed by atoms with Gasteiger partial charge in [0.15, 0.2) is 11.5 Å². The molecule has 1 aromatic heterocycles. The number of methoxy groups -OCH3 is 1. The molecule has 0 radical (unpaired) electrons. The molecule has 1 N–H and O–H groups in total. The lowest BCUT2D eigenvalue weighted by Crippen LogP contribution is -2.46. The van der Waals surface area contributed by atoms with Gasteiger partial charge in [0.1, 0.15) is 0 Å². The minimum absolute atomic E-state index is 0.0330. The van der Waals surface area contributed by atoms with Crippen LogP contribution in [0.4, 0.5) is 5.69 Å². The van der Waals surface area contributed by atoms with Crippen LogP contribution in [0.2, 0.25) is 0 Å². The molecular weight excluding hydrogens is 544 g/mol. The number of anilines is 1. The number of carbonyl (C=O) groups excluding carboxylic acids is 3. The number of hydrogen-bond acceptors (Lipinski definition) is 9. The van der Waals surface area contributed by atoms with E-state index in [9.17, 15) is 24.3 Å². The molecule has 42 heavy (non-hydrogen) atoms. The number of pyridine rings is 1. The average Bonchev–Trinajstić information content (AvgIpc) is 3.69. The Kier molecular flexibility index (Phi) is 8.91. The highest BCUT2D eigenvalue weighted by Crippen LogP contribution is 2.47. The highest BCUT2D eigenvalue weighted by Gasteiger charge is 2.48. The third-order valence-corrected chi connectivity index (χ3v) is 8.28. The van der Waals surface area contributed by atoms with E-state index < -0.39 is 23.8 Å². The maximum atomic E-state index is 13.8. The minimum atomic E-state index is -1.02. The molecule has 4 heterocycles. The second-order valence-electron chi connectivity index (χ2n) is 10.8. The largest absolute Gasteiger partial charge is 0.493 e. The number of likely N-dealkylation sites (tertiary alicyclic amines) is 2. The van der Waals surface area contributed by atoms with Gasteiger partial charge in [0.05, 0.1) is 31.5 Å². The van der Waals surface area contributed by atoms with Crippen molar-refractivity contribution in [1.29, 1.82) is 0 Å². The van der Waals surface area contributed by atoms with Crippen molar-refractivity contribution in [1.82, 2.24) is 14.8 Å². The summed E-state index contributed by atoms with van der Waals surface area (Å²) in [5.74, 6) is -1.79. The predicted molar refractivity (Wildman–Crippen MR) is 150 cm³/mol. The number of ether oxygens (including phenoxy) is 3. The van der Waals surface area contributed by atoms with Crippen molar-refractivity contribution in [3.8, 4) is 17.2 Å². The van der Waals surface area contributed by atoms with Crippen LogP contribution in [0, 0.1) is 5.92 Å². The number of fused-ring (bicyclic) bond motifs is 1. The zero-order valence-electron chi connectivity index (χ0n) is 23.9. The predicted octanol–water partition coefficient (Wildman–Crippen LogP) is 2.66. The molecule has 3 aliphatic heterocycles. The fourth-order valence-electron chi connectivity index (χ4n) is 6.17. The second-order valence-corrected chi connectivity index (χ2v) is 10.8. The van der Waals surface area contributed by atoms with E-state index >= 15 is 0 Å². The SMILES string of the molecule is CCCCN(C(=O)CN1C[C@H](c2cc(OC)c3c(c2)OCO3)[C@@H](C(=O)O)[C@@H]1CCN1C(=O)CCC1=O)c1cccnc1. The topological polar surface area (TPSA) is 139 Å². The van der Waals surface area contributed by atoms with E-state index in [1.54, 1.807) is 35.5 Å². The smallest absolute Gasteiger partial charge is 0.308 e. The molecule has 224 valence electrons. The van der Waals surface area contributed by atoms with Crippen LogP contribution >= 0.6 is 0 Å². The van der Waals surface area contributed by atoms with Gasteiger partial charge in [-0.1, -0.05) is 13.3 Å². The summed E-state index contributed by atoms with van der Waals surface area (Å²) < 4.78 is 16.6. The lowest BCUT2D eigenvalue weighted by Gasteiger charge is -2.30. The average molecular weight is 581 g/mol. The highest BCUT2D eigenvalue weighted by atomic mass is 16.7. The number of carbonyl (C=O) groups is 4. The van der Waals surface area contributed by atoms with E-state index in [4.69, 9.17) is 14.2 Å². The Morgan fingerprint density at radius 1 is 1.19 bits per heavy atom. The maximum Gasteiger partial charge on any atom is 0.308 e. The number of aliphatic carboxylic acids is 1. The van der Waals surface area contributed by atoms with Crippen molar-refractivity contribution in [2.75, 3.05) is 45.0 Å². The zero-order valence-corrected chi connectivity index (χ0v) is 23.9. The first-order chi connectivity index (χ1) is 20.3. The summed E-state index contributed by atoms with van der Waals surface area (Å²) in [5, 5.41) is 10.5. The van der Waals surface area contributed by atoms with Crippen molar-refractivity contribution in [2.24, 2.45) is 5.92 Å². The first kappa shape index (κ1) is 29.3. The minimum Gasteiger partial charge on any atom is -0.493 e. The number of rotatable bonds is 12. The van der Waals surface area contributed by atoms with Gasteiger partial charge in [-0.3, -0.25) is 34.0 Å². The number of benzene rings is 1. The number of carboxylic acids is 1. The highest BCUT2D eigenvalue weighted by molar-refractivity contribution is 6.01. The van der Waals surface area contributed by atoms with Crippen molar-refractivity contribution >= 4 is 29.4 Å². The Labute approximate surface area is 244 Å². The Bertz CT molecular complexity index is 1320. The van der Waals surface area contributed by atoms with Gasteiger partial charge >= 0.3 is 5.97 Å². The molecule has 2 aromatic rings. The molecule has 2 saturated heterocycles. The van der Waals surface area contributed by atoms with Crippen LogP contribution in [0.5, 0.6) is 17.2 Å². The van der Waals surface area contributed by atoms with Crippen molar-refractivity contribution in [2.45, 2.75) is 51.0 Å². The van der Waals surface area contributed by atoms with E-state index in [1.165, 1.54) is 12.0 Å². The standard InChI is InChI=1S/C30H36N4O8/c1-3-4-11-33(20-6-5-10-31-15-20)27(37)17-32-16-21(19-13-23(40-2)29-24(14-19)41-18-42-29)28(30(38)39)22(32)9-12-34-25(35)7-8-26(34)36/h5-6,10,13-15,21-22,28H,3-4,7-9,11-12,16-18H2,1-2H3,(H,38,39)/t21-,22+,28-/m1/s1. The number of carboxylic acid groups (broad SMARTS) is 1. The van der Waals surface area contributed by atoms with E-state index in [1.807, 2.05) is 17.9 Å². The van der Waals surface area contributed by atoms with Crippen molar-refractivity contribution < 1.29 is 38.5 Å². The second kappa shape index (κ2) is 12.8. The summed E-state index contributed by atoms with van der Waals surface area (Å²) in [4.78, 5) is 60.3. The van der Waals surface area contributed by atoms with Crippen LogP contribution in [-0.4, -0.2) is 89.7 Å². The van der Waals surface area contributed by atoms with Crippen molar-refractivity contribution in [3.63, 3.8) is 0 Å². The Balaban J connectivity index is 1.47. The van der Waals surface area contributed by atoms with Crippen molar-refractivity contribution in [3.05, 3.63) is 42.2 Å². The summed E-state index contributed by atoms with van der Waals surface area (Å²) in [6.07, 6.45) is 5.51. The first-order valence-electron chi connectivity index (χ1n) is 14.3. The van der Waals surface area contributed by atoms with E-state index in [0.717, 1.165) is 12.8 Å². The van der Waals surface area contributed by atoms with Gasteiger partial charge in [-0.25, -0.2) is 0 Å². The Morgan fingerprint density at radius 3 is 2.64 bits per heavy atom. The maximum absolute atomic E-state index is 13.8. The van der Waals surface area contributed by atoms with Gasteiger partial charge in [-0.05, 0) is 42.7 Å². The number of imide groups is 1. The summed E-state index contributed by atoms with van der Waals surface area (Å²) in [6.45, 7) is 2.91. The van der Waals surface area contributed by atoms with Gasteiger partial charge in [-0.15, -0.1) is 0 Å². The van der Waals surface area contributed by atoms with Crippen LogP contribution in [0.3, 0.4) is 0 Å². The van der Waals surface area contributed by atoms with Gasteiger partial charge in [0, 0.05) is 50.6 Å². The number of unbranched alkanes of at least 4 members (excludes halogenated alkanes) is 1. The van der Waals surface area contributed by atoms with Crippen LogP contribution in [0.25, 0.3) is 0 Å². The normalized spacial score (nSPS) is 21.7. The summed E-state index contributed by atoms with van der Waals surface area (Å²) in [7, 11) is 1.51. The van der Waals surface area contributed by atoms with E-state index in [0.29, 0.717) is 35.0 Å². The molecule has 5 rings (SSSR count). The lowest BCUT2D eigenvalue weighted by molar-refractivity contribution is -0.143. The number of amides is 3. The molecule has 0 unspecified atom stereocenters. The number of hydrogen-bond donors (Lipinski definition) is 1. The molecule has 3 atom stereocenters. The molecule has 12 heteroatoms. The van der Waals surface area contributed by atoms with Gasteiger partial charge in [-0.2, -0.15) is 0 Å². The summed E-state index contributed by atoms with van der Waals surface area (Å²) in [6, 6.07) is 6.51. The van der Waals surface area contributed by atoms with Crippen LogP contribution < -0.4 is 19.1 Å². The Morgan fingerprint density at radius 2 is 1.98 bits per heavy atom. The van der Waals surface area contributed by atoms with Crippen LogP contribution in [-0.2, 0) is 19.2 Å². The third-order valence-electron chi connectivity index (χ3n) is 8.28. The molecule has 1 aromatic carbocycles. The van der Waals surface area contributed by atoms with E-state index in [-0.39, 0.29) is 63.4 Å². The molecule has 0 saturated carbocycles. The molecule has 3 aliphatic rings. The molecule has 0 spiro atoms. The number of aromatic nitrogens is 1. The lowest BCUT2D eigenvalue weighted by atomic mass is 9.84. The van der Waals surface area contributed by atoms with E-state index in [2.05, 4.69) is 4.98 Å². The fourth-order valence-corrected chi connectivity index (χ4v) is 6.17. The first-order valence-corrected chi connectivity index (χ1v) is 14.3. The molecule has 3 amide bonds. The molecule has 0 bridgehead atoms. The molecule has 0 aliphatic carbocycles. The Hall–Kier alpha value is -4.19. The summed E-state index contributed by atoms with van der Waals surface area (Å²) >= 11 is 0. The molecule has 2 fully saturated rings. The fraction of sp³-hybridized carbons (Fsp3) is 0.500. The number of nitrogens with zero attached hydrogens (tertiary/aromatic N) is 4. The molecular formula is C30H36N4O8. The monoisotopic (exact) mass is 580 g/mol. The van der Waals surface area contributed by atoms with Gasteiger partial charge in [0.2, 0.25) is 30.3 Å². The third kappa shape index (κ3) is 5.89. The van der Waals surface area contributed by atoms with Gasteiger partial charge in [0.25, 0.3) is 0 Å². The summed E-state index contributed by atoms with van der Waals surface area (Å²) in [5.41, 5.74) is 1.36. The quantitative estimate of drug-likeness (QED) is 0.373. The van der Waals surface area contributed by atoms with Crippen LogP contribution in [0.15, 0.2) is 36.7 Å². The molecule has 12 nitrogen and oxygen atoms in total. The zero-order chi connectivity index (χ0) is 29.8. The van der Waals surface area contributed by atoms with Crippen LogP contribution in [0.1, 0.15) is 50.5 Å². The van der Waals surface area contributed by atoms with Gasteiger partial charge < -0.3 is 24.2 Å².